The van der Waals surface area contributed by atoms with Gasteiger partial charge in [0.25, 0.3) is 0 Å². The predicted octanol–water partition coefficient (Wildman–Crippen LogP) is 4.21. The van der Waals surface area contributed by atoms with Crippen molar-refractivity contribution >= 4 is 6.08 Å². The monoisotopic (exact) mass is 276 g/mol. The zero-order chi connectivity index (χ0) is 14.7. The van der Waals surface area contributed by atoms with Crippen molar-refractivity contribution in [3.8, 4) is 0 Å². The first kappa shape index (κ1) is 13.5. The molecular weight excluding hydrogens is 256 g/mol. The molecule has 0 amide bonds. The Morgan fingerprint density at radius 1 is 0.762 bits per heavy atom. The zero-order valence-electron chi connectivity index (χ0n) is 12.5. The van der Waals surface area contributed by atoms with Crippen molar-refractivity contribution in [3.63, 3.8) is 0 Å². The standard InChI is InChI=1S/C19H20N2/c1-20-14-6-10-18(20)17(19-11-7-15-21(19)2)13-12-16-8-4-3-5-9-16/h3-15,17H,1-2H3. The molecule has 0 N–H and O–H groups in total. The van der Waals surface area contributed by atoms with Crippen LogP contribution in [0, 0.1) is 0 Å². The third-order valence-electron chi connectivity index (χ3n) is 3.89. The van der Waals surface area contributed by atoms with E-state index < -0.39 is 0 Å². The Morgan fingerprint density at radius 3 is 1.81 bits per heavy atom. The molecule has 0 saturated carbocycles. The average molecular weight is 276 g/mol. The number of aryl methyl sites for hydroxylation is 2. The first-order valence-corrected chi connectivity index (χ1v) is 7.21. The summed E-state index contributed by atoms with van der Waals surface area (Å²) in [5, 5.41) is 0. The lowest BCUT2D eigenvalue weighted by Gasteiger charge is -2.16. The van der Waals surface area contributed by atoms with Crippen LogP contribution in [0.25, 0.3) is 6.08 Å². The molecule has 2 nitrogen and oxygen atoms in total. The van der Waals surface area contributed by atoms with Gasteiger partial charge in [0.2, 0.25) is 0 Å². The van der Waals surface area contributed by atoms with E-state index in [2.05, 4.69) is 96.3 Å². The van der Waals surface area contributed by atoms with Gasteiger partial charge in [0.1, 0.15) is 0 Å². The van der Waals surface area contributed by atoms with Gasteiger partial charge in [-0.3, -0.25) is 0 Å². The Labute approximate surface area is 126 Å². The maximum absolute atomic E-state index is 2.28. The summed E-state index contributed by atoms with van der Waals surface area (Å²) in [6, 6.07) is 19.0. The van der Waals surface area contributed by atoms with Crippen LogP contribution in [-0.2, 0) is 14.1 Å². The highest BCUT2D eigenvalue weighted by Crippen LogP contribution is 2.27. The molecule has 0 atom stereocenters. The van der Waals surface area contributed by atoms with Crippen molar-refractivity contribution in [2.24, 2.45) is 14.1 Å². The molecule has 0 aliphatic heterocycles. The summed E-state index contributed by atoms with van der Waals surface area (Å²) in [6.07, 6.45) is 8.67. The van der Waals surface area contributed by atoms with Gasteiger partial charge in [-0.15, -0.1) is 0 Å². The molecule has 0 saturated heterocycles. The molecule has 0 aliphatic carbocycles. The molecule has 3 aromatic rings. The topological polar surface area (TPSA) is 9.86 Å². The zero-order valence-corrected chi connectivity index (χ0v) is 12.5. The van der Waals surface area contributed by atoms with Crippen LogP contribution in [0.3, 0.4) is 0 Å². The van der Waals surface area contributed by atoms with E-state index in [0.29, 0.717) is 0 Å². The molecule has 2 heteroatoms. The lowest BCUT2D eigenvalue weighted by atomic mass is 9.99. The van der Waals surface area contributed by atoms with Crippen LogP contribution in [0.2, 0.25) is 0 Å². The van der Waals surface area contributed by atoms with E-state index in [0.717, 1.165) is 0 Å². The highest BCUT2D eigenvalue weighted by molar-refractivity contribution is 5.52. The third-order valence-corrected chi connectivity index (χ3v) is 3.89. The quantitative estimate of drug-likeness (QED) is 0.675. The Morgan fingerprint density at radius 2 is 1.33 bits per heavy atom. The molecule has 1 aromatic carbocycles. The molecular formula is C19H20N2. The summed E-state index contributed by atoms with van der Waals surface area (Å²) in [6.45, 7) is 0. The number of hydrogen-bond donors (Lipinski definition) is 0. The largest absolute Gasteiger partial charge is 0.354 e. The third kappa shape index (κ3) is 2.84. The maximum Gasteiger partial charge on any atom is 0.0578 e. The minimum Gasteiger partial charge on any atom is -0.354 e. The van der Waals surface area contributed by atoms with Crippen molar-refractivity contribution in [2.75, 3.05) is 0 Å². The average Bonchev–Trinajstić information content (AvgIpc) is 3.11. The molecule has 0 unspecified atom stereocenters. The van der Waals surface area contributed by atoms with Gasteiger partial charge >= 0.3 is 0 Å². The molecule has 2 aromatic heterocycles. The van der Waals surface area contributed by atoms with E-state index in [4.69, 9.17) is 0 Å². The van der Waals surface area contributed by atoms with Gasteiger partial charge in [0.15, 0.2) is 0 Å². The number of aromatic nitrogens is 2. The predicted molar refractivity (Wildman–Crippen MR) is 88.1 cm³/mol. The fraction of sp³-hybridized carbons (Fsp3) is 0.158. The molecule has 0 radical (unpaired) electrons. The van der Waals surface area contributed by atoms with Crippen LogP contribution in [-0.4, -0.2) is 9.13 Å². The fourth-order valence-electron chi connectivity index (χ4n) is 2.72. The number of nitrogens with zero attached hydrogens (tertiary/aromatic N) is 2. The molecule has 0 aliphatic rings. The Bertz CT molecular complexity index is 692. The van der Waals surface area contributed by atoms with Crippen molar-refractivity contribution in [1.29, 1.82) is 0 Å². The van der Waals surface area contributed by atoms with E-state index >= 15 is 0 Å². The van der Waals surface area contributed by atoms with Crippen LogP contribution >= 0.6 is 0 Å². The first-order chi connectivity index (χ1) is 10.3. The molecule has 3 rings (SSSR count). The Hall–Kier alpha value is -2.48. The van der Waals surface area contributed by atoms with E-state index in [1.165, 1.54) is 17.0 Å². The second kappa shape index (κ2) is 5.88. The maximum atomic E-state index is 2.28. The summed E-state index contributed by atoms with van der Waals surface area (Å²) in [7, 11) is 4.20. The highest BCUT2D eigenvalue weighted by Gasteiger charge is 2.15. The Balaban J connectivity index is 2.00. The van der Waals surface area contributed by atoms with Crippen molar-refractivity contribution in [2.45, 2.75) is 5.92 Å². The van der Waals surface area contributed by atoms with E-state index in [1.807, 2.05) is 6.07 Å². The summed E-state index contributed by atoms with van der Waals surface area (Å²) in [5.74, 6) is 0.255. The number of hydrogen-bond acceptors (Lipinski definition) is 0. The first-order valence-electron chi connectivity index (χ1n) is 7.21. The van der Waals surface area contributed by atoms with Crippen LogP contribution in [0.5, 0.6) is 0 Å². The molecule has 2 heterocycles. The smallest absolute Gasteiger partial charge is 0.0578 e. The fourth-order valence-corrected chi connectivity index (χ4v) is 2.72. The van der Waals surface area contributed by atoms with Gasteiger partial charge < -0.3 is 9.13 Å². The van der Waals surface area contributed by atoms with Gasteiger partial charge in [-0.25, -0.2) is 0 Å². The number of allylic oxidation sites excluding steroid dienone is 1. The van der Waals surface area contributed by atoms with E-state index in [9.17, 15) is 0 Å². The van der Waals surface area contributed by atoms with Crippen LogP contribution in [0.1, 0.15) is 22.9 Å². The number of rotatable bonds is 4. The Kier molecular flexibility index (Phi) is 3.78. The van der Waals surface area contributed by atoms with E-state index in [1.54, 1.807) is 0 Å². The van der Waals surface area contributed by atoms with Crippen molar-refractivity contribution in [3.05, 3.63) is 90.0 Å². The highest BCUT2D eigenvalue weighted by atomic mass is 15.0. The van der Waals surface area contributed by atoms with Gasteiger partial charge in [-0.05, 0) is 29.8 Å². The SMILES string of the molecule is Cn1cccc1C(C=Cc1ccccc1)c1cccn1C. The van der Waals surface area contributed by atoms with Gasteiger partial charge in [-0.2, -0.15) is 0 Å². The summed E-state index contributed by atoms with van der Waals surface area (Å²) in [4.78, 5) is 0. The minimum absolute atomic E-state index is 0.255. The number of benzene rings is 1. The van der Waals surface area contributed by atoms with Crippen LogP contribution < -0.4 is 0 Å². The summed E-state index contributed by atoms with van der Waals surface area (Å²) < 4.78 is 4.38. The molecule has 21 heavy (non-hydrogen) atoms. The van der Waals surface area contributed by atoms with Gasteiger partial charge in [-0.1, -0.05) is 42.5 Å². The van der Waals surface area contributed by atoms with Gasteiger partial charge in [0.05, 0.1) is 5.92 Å². The molecule has 0 spiro atoms. The summed E-state index contributed by atoms with van der Waals surface area (Å²) in [5.41, 5.74) is 3.82. The van der Waals surface area contributed by atoms with Crippen LogP contribution in [0.4, 0.5) is 0 Å². The van der Waals surface area contributed by atoms with E-state index in [-0.39, 0.29) is 5.92 Å². The van der Waals surface area contributed by atoms with Crippen molar-refractivity contribution in [1.82, 2.24) is 9.13 Å². The molecule has 0 fully saturated rings. The molecule has 106 valence electrons. The van der Waals surface area contributed by atoms with Gasteiger partial charge in [0, 0.05) is 37.9 Å². The minimum atomic E-state index is 0.255. The summed E-state index contributed by atoms with van der Waals surface area (Å²) >= 11 is 0. The normalized spacial score (nSPS) is 11.6. The lowest BCUT2D eigenvalue weighted by Crippen LogP contribution is -2.07. The second-order valence-corrected chi connectivity index (χ2v) is 5.34. The second-order valence-electron chi connectivity index (χ2n) is 5.34. The van der Waals surface area contributed by atoms with Crippen molar-refractivity contribution < 1.29 is 0 Å². The molecule has 0 bridgehead atoms. The lowest BCUT2D eigenvalue weighted by molar-refractivity contribution is 0.750. The van der Waals surface area contributed by atoms with Crippen LogP contribution in [0.15, 0.2) is 73.1 Å².